The maximum absolute atomic E-state index is 13.1. The van der Waals surface area contributed by atoms with Gasteiger partial charge in [0, 0.05) is 24.1 Å². The van der Waals surface area contributed by atoms with Crippen molar-refractivity contribution in [2.75, 3.05) is 5.32 Å². The molecule has 5 aromatic heterocycles. The lowest BCUT2D eigenvalue weighted by Crippen LogP contribution is -2.22. The second kappa shape index (κ2) is 10.0. The summed E-state index contributed by atoms with van der Waals surface area (Å²) in [5.74, 6) is 0.558. The molecule has 0 saturated heterocycles. The van der Waals surface area contributed by atoms with Gasteiger partial charge in [-0.15, -0.1) is 22.7 Å². The Balaban J connectivity index is 1.35. The van der Waals surface area contributed by atoms with Gasteiger partial charge in [0.1, 0.15) is 11.5 Å². The summed E-state index contributed by atoms with van der Waals surface area (Å²) < 4.78 is 6.78. The van der Waals surface area contributed by atoms with Crippen molar-refractivity contribution < 1.29 is 9.32 Å². The van der Waals surface area contributed by atoms with Crippen LogP contribution in [0.25, 0.3) is 27.2 Å². The summed E-state index contributed by atoms with van der Waals surface area (Å²) in [6, 6.07) is 20.7. The van der Waals surface area contributed by atoms with Crippen molar-refractivity contribution in [1.82, 2.24) is 24.9 Å². The fourth-order valence-electron chi connectivity index (χ4n) is 3.98. The van der Waals surface area contributed by atoms with Crippen LogP contribution in [-0.4, -0.2) is 30.8 Å². The average molecular weight is 541 g/mol. The van der Waals surface area contributed by atoms with Gasteiger partial charge in [0.15, 0.2) is 11.5 Å². The Labute approximate surface area is 224 Å². The van der Waals surface area contributed by atoms with Gasteiger partial charge < -0.3 is 9.84 Å². The lowest BCUT2D eigenvalue weighted by molar-refractivity contribution is 0.101. The summed E-state index contributed by atoms with van der Waals surface area (Å²) in [4.78, 5) is 35.5. The molecule has 1 amide bonds. The van der Waals surface area contributed by atoms with E-state index >= 15 is 0 Å². The minimum atomic E-state index is -0.477. The molecule has 0 radical (unpaired) electrons. The van der Waals surface area contributed by atoms with Gasteiger partial charge in [-0.1, -0.05) is 47.6 Å². The predicted molar refractivity (Wildman–Crippen MR) is 147 cm³/mol. The van der Waals surface area contributed by atoms with Crippen LogP contribution < -0.4 is 10.9 Å². The van der Waals surface area contributed by atoms with Crippen molar-refractivity contribution in [2.45, 2.75) is 13.3 Å². The zero-order chi connectivity index (χ0) is 26.1. The molecule has 0 aliphatic rings. The summed E-state index contributed by atoms with van der Waals surface area (Å²) in [6.07, 6.45) is 0.456. The zero-order valence-electron chi connectivity index (χ0n) is 20.0. The zero-order valence-corrected chi connectivity index (χ0v) is 21.7. The fourth-order valence-corrected chi connectivity index (χ4v) is 5.33. The number of nitrogens with one attached hydrogen (secondary N) is 2. The number of rotatable bonds is 7. The van der Waals surface area contributed by atoms with Gasteiger partial charge in [0.05, 0.1) is 15.4 Å². The van der Waals surface area contributed by atoms with E-state index in [2.05, 4.69) is 25.5 Å². The molecule has 9 nitrogen and oxygen atoms in total. The van der Waals surface area contributed by atoms with Crippen molar-refractivity contribution in [3.8, 4) is 27.2 Å². The molecule has 6 rings (SSSR count). The van der Waals surface area contributed by atoms with Gasteiger partial charge in [-0.2, -0.15) is 9.78 Å². The highest BCUT2D eigenvalue weighted by molar-refractivity contribution is 7.13. The average Bonchev–Trinajstić information content (AvgIpc) is 3.73. The maximum Gasteiger partial charge on any atom is 0.279 e. The summed E-state index contributed by atoms with van der Waals surface area (Å²) in [7, 11) is 0. The number of nitrogens with zero attached hydrogens (tertiary/aromatic N) is 4. The van der Waals surface area contributed by atoms with Crippen molar-refractivity contribution in [1.29, 1.82) is 0 Å². The van der Waals surface area contributed by atoms with E-state index in [1.807, 2.05) is 65.4 Å². The van der Waals surface area contributed by atoms with Crippen LogP contribution in [0.3, 0.4) is 0 Å². The molecular weight excluding hydrogens is 520 g/mol. The van der Waals surface area contributed by atoms with Crippen LogP contribution in [-0.2, 0) is 6.42 Å². The molecule has 0 fully saturated rings. The van der Waals surface area contributed by atoms with Crippen molar-refractivity contribution in [3.63, 3.8) is 0 Å². The molecular formula is C27H20N6O3S2. The lowest BCUT2D eigenvalue weighted by atomic mass is 10.1. The lowest BCUT2D eigenvalue weighted by Gasteiger charge is -2.10. The summed E-state index contributed by atoms with van der Waals surface area (Å²) in [5, 5.41) is 15.3. The number of carbonyl (C=O) groups excluding carboxylic acids is 1. The summed E-state index contributed by atoms with van der Waals surface area (Å²) in [5.41, 5.74) is 2.64. The van der Waals surface area contributed by atoms with Gasteiger partial charge >= 0.3 is 0 Å². The van der Waals surface area contributed by atoms with Crippen LogP contribution in [0.15, 0.2) is 86.8 Å². The van der Waals surface area contributed by atoms with E-state index < -0.39 is 5.91 Å². The van der Waals surface area contributed by atoms with Crippen LogP contribution in [0.5, 0.6) is 0 Å². The number of hydrogen-bond donors (Lipinski definition) is 2. The van der Waals surface area contributed by atoms with Crippen molar-refractivity contribution in [2.24, 2.45) is 0 Å². The number of hydrogen-bond acceptors (Lipinski definition) is 8. The van der Waals surface area contributed by atoms with Gasteiger partial charge in [-0.25, -0.2) is 4.98 Å². The molecule has 0 bridgehead atoms. The number of H-pyrrole nitrogens is 1. The fraction of sp³-hybridized carbons (Fsp3) is 0.0741. The van der Waals surface area contributed by atoms with Gasteiger partial charge in [0.25, 0.3) is 11.5 Å². The van der Waals surface area contributed by atoms with E-state index in [-0.39, 0.29) is 17.2 Å². The van der Waals surface area contributed by atoms with Crippen molar-refractivity contribution in [3.05, 3.63) is 110 Å². The second-order valence-electron chi connectivity index (χ2n) is 8.43. The van der Waals surface area contributed by atoms with E-state index in [1.165, 1.54) is 27.4 Å². The molecule has 5 heterocycles. The SMILES string of the molecule is Cc1nc(-n2nc(-c3cccs3)cc2NC(=O)c2cc(-c3cccs3)on2)[nH]c(=O)c1Cc1ccccc1. The van der Waals surface area contributed by atoms with Crippen LogP contribution in [0.4, 0.5) is 5.82 Å². The van der Waals surface area contributed by atoms with E-state index in [4.69, 9.17) is 4.52 Å². The van der Waals surface area contributed by atoms with E-state index in [1.54, 1.807) is 19.1 Å². The van der Waals surface area contributed by atoms with E-state index in [9.17, 15) is 9.59 Å². The third-order valence-corrected chi connectivity index (χ3v) is 7.64. The first-order valence-electron chi connectivity index (χ1n) is 11.6. The van der Waals surface area contributed by atoms with Crippen LogP contribution >= 0.6 is 22.7 Å². The smallest absolute Gasteiger partial charge is 0.279 e. The molecule has 2 N–H and O–H groups in total. The van der Waals surface area contributed by atoms with Crippen LogP contribution in [0.1, 0.15) is 27.3 Å². The summed E-state index contributed by atoms with van der Waals surface area (Å²) >= 11 is 3.00. The molecule has 0 unspecified atom stereocenters. The Morgan fingerprint density at radius 1 is 1.03 bits per heavy atom. The molecule has 0 saturated carbocycles. The van der Waals surface area contributed by atoms with Crippen LogP contribution in [0.2, 0.25) is 0 Å². The molecule has 0 atom stereocenters. The number of carbonyl (C=O) groups is 1. The quantitative estimate of drug-likeness (QED) is 0.274. The molecule has 0 aliphatic heterocycles. The minimum Gasteiger partial charge on any atom is -0.355 e. The van der Waals surface area contributed by atoms with E-state index in [0.717, 1.165) is 15.3 Å². The third-order valence-electron chi connectivity index (χ3n) is 5.87. The molecule has 188 valence electrons. The number of amides is 1. The Morgan fingerprint density at radius 3 is 2.50 bits per heavy atom. The van der Waals surface area contributed by atoms with Crippen molar-refractivity contribution >= 4 is 34.4 Å². The number of aryl methyl sites for hydroxylation is 1. The minimum absolute atomic E-state index is 0.120. The largest absolute Gasteiger partial charge is 0.355 e. The molecule has 6 aromatic rings. The number of anilines is 1. The Hall–Kier alpha value is -4.61. The number of aromatic amines is 1. The third kappa shape index (κ3) is 4.72. The maximum atomic E-state index is 13.1. The molecule has 0 spiro atoms. The van der Waals surface area contributed by atoms with E-state index in [0.29, 0.717) is 35.0 Å². The van der Waals surface area contributed by atoms with Gasteiger partial charge in [0.2, 0.25) is 5.95 Å². The monoisotopic (exact) mass is 540 g/mol. The van der Waals surface area contributed by atoms with Gasteiger partial charge in [-0.05, 0) is 35.4 Å². The highest BCUT2D eigenvalue weighted by Crippen LogP contribution is 2.29. The Kier molecular flexibility index (Phi) is 6.28. The second-order valence-corrected chi connectivity index (χ2v) is 10.3. The highest BCUT2D eigenvalue weighted by Gasteiger charge is 2.20. The topological polar surface area (TPSA) is 119 Å². The Morgan fingerprint density at radius 2 is 1.79 bits per heavy atom. The molecule has 11 heteroatoms. The highest BCUT2D eigenvalue weighted by atomic mass is 32.1. The first kappa shape index (κ1) is 23.8. The first-order valence-corrected chi connectivity index (χ1v) is 13.4. The van der Waals surface area contributed by atoms with Crippen LogP contribution in [0, 0.1) is 6.92 Å². The molecule has 1 aromatic carbocycles. The molecule has 0 aliphatic carbocycles. The predicted octanol–water partition coefficient (Wildman–Crippen LogP) is 5.55. The Bertz CT molecular complexity index is 1770. The molecule has 38 heavy (non-hydrogen) atoms. The normalized spacial score (nSPS) is 11.1. The summed E-state index contributed by atoms with van der Waals surface area (Å²) in [6.45, 7) is 1.79. The first-order chi connectivity index (χ1) is 18.5. The standard InChI is InChI=1S/C27H20N6O3S2/c1-16-18(13-17-7-3-2-4-8-17)25(34)30-27(28-16)33-24(15-19(31-33)22-9-5-11-37-22)29-26(35)20-14-21(36-32-20)23-10-6-12-38-23/h2-12,14-15H,13H2,1H3,(H,29,35)(H,28,30,34). The number of aromatic nitrogens is 5. The number of benzene rings is 1. The van der Waals surface area contributed by atoms with Gasteiger partial charge in [-0.3, -0.25) is 14.6 Å². The number of thiophene rings is 2.